The summed E-state index contributed by atoms with van der Waals surface area (Å²) in [7, 11) is 1.65. The molecule has 3 aromatic rings. The van der Waals surface area contributed by atoms with Gasteiger partial charge in [0.05, 0.1) is 18.2 Å². The average Bonchev–Trinajstić information content (AvgIpc) is 2.67. The molecule has 1 aliphatic heterocycles. The van der Waals surface area contributed by atoms with Gasteiger partial charge < -0.3 is 10.5 Å². The molecule has 2 aromatic carbocycles. The summed E-state index contributed by atoms with van der Waals surface area (Å²) in [4.78, 5) is 19.1. The molecule has 1 fully saturated rings. The number of hydrogen-bond acceptors (Lipinski definition) is 4. The van der Waals surface area contributed by atoms with Gasteiger partial charge in [-0.1, -0.05) is 41.9 Å². The minimum atomic E-state index is -0.539. The van der Waals surface area contributed by atoms with Crippen molar-refractivity contribution in [3.63, 3.8) is 0 Å². The monoisotopic (exact) mass is 395 g/mol. The largest absolute Gasteiger partial charge is 0.494 e. The van der Waals surface area contributed by atoms with Gasteiger partial charge in [-0.3, -0.25) is 9.69 Å². The highest BCUT2D eigenvalue weighted by molar-refractivity contribution is 6.30. The van der Waals surface area contributed by atoms with Crippen LogP contribution >= 0.6 is 11.6 Å². The number of benzene rings is 2. The van der Waals surface area contributed by atoms with Crippen LogP contribution in [0.4, 0.5) is 0 Å². The Morgan fingerprint density at radius 1 is 1.18 bits per heavy atom. The molecule has 1 amide bonds. The zero-order valence-corrected chi connectivity index (χ0v) is 16.4. The van der Waals surface area contributed by atoms with Gasteiger partial charge >= 0.3 is 0 Å². The van der Waals surface area contributed by atoms with Crippen LogP contribution in [0.5, 0.6) is 5.75 Å². The van der Waals surface area contributed by atoms with Crippen LogP contribution in [0.15, 0.2) is 54.6 Å². The predicted octanol–water partition coefficient (Wildman–Crippen LogP) is 3.43. The van der Waals surface area contributed by atoms with E-state index in [0.717, 1.165) is 27.9 Å². The number of carbonyl (C=O) groups excluding carboxylic acids is 1. The number of halogens is 1. The third-order valence-corrected chi connectivity index (χ3v) is 5.63. The summed E-state index contributed by atoms with van der Waals surface area (Å²) in [5.41, 5.74) is 8.08. The Kier molecular flexibility index (Phi) is 4.96. The number of ether oxygens (including phenoxy) is 1. The van der Waals surface area contributed by atoms with Crippen LogP contribution in [0, 0.1) is 5.41 Å². The van der Waals surface area contributed by atoms with Crippen molar-refractivity contribution in [2.45, 2.75) is 13.0 Å². The molecule has 6 heteroatoms. The predicted molar refractivity (Wildman–Crippen MR) is 110 cm³/mol. The number of fused-ring (bicyclic) bond motifs is 1. The highest BCUT2D eigenvalue weighted by Gasteiger charge is 2.47. The van der Waals surface area contributed by atoms with E-state index in [1.165, 1.54) is 0 Å². The zero-order chi connectivity index (χ0) is 19.7. The molecule has 4 rings (SSSR count). The van der Waals surface area contributed by atoms with Gasteiger partial charge in [0.2, 0.25) is 5.91 Å². The molecule has 2 heterocycles. The van der Waals surface area contributed by atoms with Crippen LogP contribution < -0.4 is 10.5 Å². The Morgan fingerprint density at radius 2 is 1.93 bits per heavy atom. The lowest BCUT2D eigenvalue weighted by atomic mass is 9.74. The zero-order valence-electron chi connectivity index (χ0n) is 15.7. The first-order valence-electron chi connectivity index (χ1n) is 9.18. The molecule has 2 N–H and O–H groups in total. The van der Waals surface area contributed by atoms with E-state index < -0.39 is 5.41 Å². The third-order valence-electron chi connectivity index (χ3n) is 5.38. The molecule has 0 atom stereocenters. The summed E-state index contributed by atoms with van der Waals surface area (Å²) < 4.78 is 5.42. The second-order valence-electron chi connectivity index (χ2n) is 7.43. The quantitative estimate of drug-likeness (QED) is 0.694. The molecule has 0 spiro atoms. The first kappa shape index (κ1) is 18.7. The molecule has 0 bridgehead atoms. The standard InChI is InChI=1S/C22H22ClN3O2/c1-28-19-4-2-3-16-7-10-18(25-20(16)19)12-26-13-22(14-26,21(24)27)11-15-5-8-17(23)9-6-15/h2-10H,11-14H2,1H3,(H2,24,27). The maximum absolute atomic E-state index is 12.2. The SMILES string of the molecule is COc1cccc2ccc(CN3CC(Cc4ccc(Cl)cc4)(C(N)=O)C3)nc12. The van der Waals surface area contributed by atoms with E-state index in [-0.39, 0.29) is 5.91 Å². The Balaban J connectivity index is 1.48. The van der Waals surface area contributed by atoms with Gasteiger partial charge in [0.1, 0.15) is 11.3 Å². The van der Waals surface area contributed by atoms with Crippen molar-refractivity contribution in [2.75, 3.05) is 20.2 Å². The fourth-order valence-corrected chi connectivity index (χ4v) is 4.04. The number of aromatic nitrogens is 1. The summed E-state index contributed by atoms with van der Waals surface area (Å²) in [6, 6.07) is 17.5. The molecule has 28 heavy (non-hydrogen) atoms. The van der Waals surface area contributed by atoms with Gasteiger partial charge in [-0.2, -0.15) is 0 Å². The number of carbonyl (C=O) groups is 1. The van der Waals surface area contributed by atoms with E-state index in [0.29, 0.717) is 31.1 Å². The Hall–Kier alpha value is -2.63. The second kappa shape index (κ2) is 7.41. The molecule has 0 radical (unpaired) electrons. The smallest absolute Gasteiger partial charge is 0.226 e. The van der Waals surface area contributed by atoms with Crippen LogP contribution in [0.2, 0.25) is 5.02 Å². The van der Waals surface area contributed by atoms with Crippen molar-refractivity contribution < 1.29 is 9.53 Å². The number of pyridine rings is 1. The lowest BCUT2D eigenvalue weighted by molar-refractivity contribution is -0.138. The van der Waals surface area contributed by atoms with E-state index >= 15 is 0 Å². The fraction of sp³-hybridized carbons (Fsp3) is 0.273. The molecule has 5 nitrogen and oxygen atoms in total. The summed E-state index contributed by atoms with van der Waals surface area (Å²) in [5, 5.41) is 1.73. The third kappa shape index (κ3) is 3.55. The molecule has 0 unspecified atom stereocenters. The van der Waals surface area contributed by atoms with Crippen LogP contribution in [0.1, 0.15) is 11.3 Å². The topological polar surface area (TPSA) is 68.5 Å². The number of nitrogens with zero attached hydrogens (tertiary/aromatic N) is 2. The molecule has 1 aromatic heterocycles. The molecule has 0 aliphatic carbocycles. The van der Waals surface area contributed by atoms with Gasteiger partial charge in [-0.15, -0.1) is 0 Å². The molecule has 144 valence electrons. The number of amides is 1. The van der Waals surface area contributed by atoms with Gasteiger partial charge in [0.25, 0.3) is 0 Å². The van der Waals surface area contributed by atoms with Gasteiger partial charge in [-0.25, -0.2) is 4.98 Å². The van der Waals surface area contributed by atoms with E-state index in [4.69, 9.17) is 27.1 Å². The maximum Gasteiger partial charge on any atom is 0.226 e. The van der Waals surface area contributed by atoms with E-state index in [2.05, 4.69) is 11.0 Å². The van der Waals surface area contributed by atoms with Crippen LogP contribution in [-0.4, -0.2) is 36.0 Å². The molecule has 1 saturated heterocycles. The number of hydrogen-bond donors (Lipinski definition) is 1. The Bertz CT molecular complexity index is 1010. The van der Waals surface area contributed by atoms with Gasteiger partial charge in [0.15, 0.2) is 0 Å². The molecule has 1 aliphatic rings. The molecular formula is C22H22ClN3O2. The lowest BCUT2D eigenvalue weighted by Crippen LogP contribution is -2.63. The van der Waals surface area contributed by atoms with Crippen LogP contribution in [-0.2, 0) is 17.8 Å². The van der Waals surface area contributed by atoms with E-state index in [9.17, 15) is 4.79 Å². The minimum Gasteiger partial charge on any atom is -0.494 e. The highest BCUT2D eigenvalue weighted by Crippen LogP contribution is 2.35. The summed E-state index contributed by atoms with van der Waals surface area (Å²) in [5.74, 6) is 0.504. The van der Waals surface area contributed by atoms with Gasteiger partial charge in [-0.05, 0) is 36.2 Å². The van der Waals surface area contributed by atoms with E-state index in [1.54, 1.807) is 7.11 Å². The molecule has 0 saturated carbocycles. The fourth-order valence-electron chi connectivity index (χ4n) is 3.91. The molecular weight excluding hydrogens is 374 g/mol. The van der Waals surface area contributed by atoms with Crippen LogP contribution in [0.25, 0.3) is 10.9 Å². The summed E-state index contributed by atoms with van der Waals surface area (Å²) in [6.07, 6.45) is 0.620. The number of likely N-dealkylation sites (tertiary alicyclic amines) is 1. The van der Waals surface area contributed by atoms with Crippen molar-refractivity contribution in [1.29, 1.82) is 0 Å². The Morgan fingerprint density at radius 3 is 2.61 bits per heavy atom. The number of nitrogens with two attached hydrogens (primary N) is 1. The van der Waals surface area contributed by atoms with E-state index in [1.807, 2.05) is 48.5 Å². The lowest BCUT2D eigenvalue weighted by Gasteiger charge is -2.48. The number of primary amides is 1. The highest BCUT2D eigenvalue weighted by atomic mass is 35.5. The first-order chi connectivity index (χ1) is 13.5. The second-order valence-corrected chi connectivity index (χ2v) is 7.86. The van der Waals surface area contributed by atoms with Crippen molar-refractivity contribution in [2.24, 2.45) is 11.1 Å². The number of methoxy groups -OCH3 is 1. The van der Waals surface area contributed by atoms with Gasteiger partial charge in [0, 0.05) is 30.0 Å². The maximum atomic E-state index is 12.2. The number of rotatable bonds is 6. The summed E-state index contributed by atoms with van der Waals surface area (Å²) in [6.45, 7) is 1.91. The van der Waals surface area contributed by atoms with Crippen molar-refractivity contribution in [3.8, 4) is 5.75 Å². The normalized spacial score (nSPS) is 15.9. The summed E-state index contributed by atoms with van der Waals surface area (Å²) >= 11 is 5.95. The number of para-hydroxylation sites is 1. The van der Waals surface area contributed by atoms with Crippen molar-refractivity contribution in [3.05, 3.63) is 70.9 Å². The average molecular weight is 396 g/mol. The van der Waals surface area contributed by atoms with Crippen LogP contribution in [0.3, 0.4) is 0 Å². The Labute approximate surface area is 169 Å². The van der Waals surface area contributed by atoms with Crippen molar-refractivity contribution in [1.82, 2.24) is 9.88 Å². The minimum absolute atomic E-state index is 0.258. The van der Waals surface area contributed by atoms with Crippen molar-refractivity contribution >= 4 is 28.4 Å². The first-order valence-corrected chi connectivity index (χ1v) is 9.56.